The van der Waals surface area contributed by atoms with Gasteiger partial charge in [-0.1, -0.05) is 49.0 Å². The smallest absolute Gasteiger partial charge is 0.115 e. The molecular formula is C24H28O3. The number of aliphatic hydroxyl groups excluding tert-OH is 1. The summed E-state index contributed by atoms with van der Waals surface area (Å²) in [6.07, 6.45) is 2.17. The molecule has 0 radical (unpaired) electrons. The molecule has 1 aliphatic carbocycles. The molecule has 3 unspecified atom stereocenters. The van der Waals surface area contributed by atoms with Crippen LogP contribution < -0.4 is 0 Å². The fourth-order valence-electron chi connectivity index (χ4n) is 4.13. The van der Waals surface area contributed by atoms with Crippen LogP contribution in [-0.4, -0.2) is 20.9 Å². The lowest BCUT2D eigenvalue weighted by molar-refractivity contribution is 0.0133. The standard InChI is InChI=1S/C24H28O3/c1-16(2)24(27)15-20(12-9-18-10-13-21(25)14-11-18)17(3)23(26)22(24)19-7-5-4-6-8-19/h4-8,10-11,13-14,20,22,25-27H,1,9,12,15H2,2-3H3. The SMILES string of the molecule is C=C(C)C1(O)CC(CCc2ccc(O)cc2)C(C)=C(O)C1c1ccccc1. The first-order valence-corrected chi connectivity index (χ1v) is 9.43. The zero-order valence-corrected chi connectivity index (χ0v) is 16.0. The van der Waals surface area contributed by atoms with Gasteiger partial charge in [0.05, 0.1) is 11.5 Å². The van der Waals surface area contributed by atoms with Crippen molar-refractivity contribution in [2.24, 2.45) is 5.92 Å². The molecule has 0 aromatic heterocycles. The van der Waals surface area contributed by atoms with E-state index in [9.17, 15) is 15.3 Å². The quantitative estimate of drug-likeness (QED) is 0.634. The average molecular weight is 364 g/mol. The van der Waals surface area contributed by atoms with E-state index in [0.717, 1.165) is 29.5 Å². The second kappa shape index (κ2) is 7.61. The normalized spacial score (nSPS) is 25.4. The molecule has 3 rings (SSSR count). The number of rotatable bonds is 5. The number of aliphatic hydroxyl groups is 2. The Kier molecular flexibility index (Phi) is 5.43. The molecule has 27 heavy (non-hydrogen) atoms. The molecule has 3 atom stereocenters. The highest BCUT2D eigenvalue weighted by molar-refractivity contribution is 5.40. The van der Waals surface area contributed by atoms with Gasteiger partial charge in [-0.15, -0.1) is 0 Å². The number of benzene rings is 2. The summed E-state index contributed by atoms with van der Waals surface area (Å²) in [4.78, 5) is 0. The summed E-state index contributed by atoms with van der Waals surface area (Å²) < 4.78 is 0. The van der Waals surface area contributed by atoms with E-state index in [0.29, 0.717) is 12.0 Å². The highest BCUT2D eigenvalue weighted by Crippen LogP contribution is 2.49. The molecule has 0 bridgehead atoms. The molecule has 0 saturated heterocycles. The summed E-state index contributed by atoms with van der Waals surface area (Å²) in [7, 11) is 0. The lowest BCUT2D eigenvalue weighted by atomic mass is 9.65. The third kappa shape index (κ3) is 3.79. The largest absolute Gasteiger partial charge is 0.512 e. The van der Waals surface area contributed by atoms with E-state index in [1.54, 1.807) is 12.1 Å². The molecule has 142 valence electrons. The van der Waals surface area contributed by atoms with Crippen molar-refractivity contribution in [3.63, 3.8) is 0 Å². The zero-order chi connectivity index (χ0) is 19.6. The molecule has 0 amide bonds. The van der Waals surface area contributed by atoms with Crippen molar-refractivity contribution in [2.75, 3.05) is 0 Å². The van der Waals surface area contributed by atoms with Crippen LogP contribution in [0, 0.1) is 5.92 Å². The van der Waals surface area contributed by atoms with E-state index in [1.807, 2.05) is 56.3 Å². The van der Waals surface area contributed by atoms with Gasteiger partial charge in [-0.25, -0.2) is 0 Å². The van der Waals surface area contributed by atoms with Gasteiger partial charge in [0.2, 0.25) is 0 Å². The van der Waals surface area contributed by atoms with Gasteiger partial charge in [-0.2, -0.15) is 0 Å². The Morgan fingerprint density at radius 2 is 1.70 bits per heavy atom. The lowest BCUT2D eigenvalue weighted by Gasteiger charge is -2.44. The van der Waals surface area contributed by atoms with Crippen LogP contribution in [0.25, 0.3) is 0 Å². The van der Waals surface area contributed by atoms with Crippen molar-refractivity contribution in [3.8, 4) is 5.75 Å². The molecule has 0 aliphatic heterocycles. The Bertz CT molecular complexity index is 836. The van der Waals surface area contributed by atoms with Gasteiger partial charge in [0, 0.05) is 0 Å². The van der Waals surface area contributed by atoms with Crippen LogP contribution in [0.15, 0.2) is 78.1 Å². The number of phenols is 1. The predicted octanol–water partition coefficient (Wildman–Crippen LogP) is 5.27. The van der Waals surface area contributed by atoms with Crippen molar-refractivity contribution < 1.29 is 15.3 Å². The van der Waals surface area contributed by atoms with Crippen LogP contribution in [0.2, 0.25) is 0 Å². The zero-order valence-electron chi connectivity index (χ0n) is 16.0. The molecule has 0 spiro atoms. The fraction of sp³-hybridized carbons (Fsp3) is 0.333. The van der Waals surface area contributed by atoms with Crippen molar-refractivity contribution >= 4 is 0 Å². The third-order valence-corrected chi connectivity index (χ3v) is 5.91. The fourth-order valence-corrected chi connectivity index (χ4v) is 4.13. The van der Waals surface area contributed by atoms with Gasteiger partial charge in [0.15, 0.2) is 0 Å². The molecule has 2 aromatic carbocycles. The van der Waals surface area contributed by atoms with Gasteiger partial charge < -0.3 is 15.3 Å². The Labute approximate surface area is 161 Å². The number of hydrogen-bond donors (Lipinski definition) is 3. The number of hydrogen-bond acceptors (Lipinski definition) is 3. The van der Waals surface area contributed by atoms with E-state index in [4.69, 9.17) is 0 Å². The maximum absolute atomic E-state index is 11.5. The molecule has 3 heteroatoms. The minimum Gasteiger partial charge on any atom is -0.512 e. The second-order valence-corrected chi connectivity index (χ2v) is 7.72. The summed E-state index contributed by atoms with van der Waals surface area (Å²) in [6, 6.07) is 16.9. The molecule has 2 aromatic rings. The van der Waals surface area contributed by atoms with E-state index < -0.39 is 11.5 Å². The average Bonchev–Trinajstić information content (AvgIpc) is 2.66. The van der Waals surface area contributed by atoms with E-state index in [1.165, 1.54) is 0 Å². The number of aromatic hydroxyl groups is 1. The van der Waals surface area contributed by atoms with E-state index in [-0.39, 0.29) is 17.4 Å². The maximum Gasteiger partial charge on any atom is 0.115 e. The summed E-state index contributed by atoms with van der Waals surface area (Å²) in [5.41, 5.74) is 2.46. The summed E-state index contributed by atoms with van der Waals surface area (Å²) >= 11 is 0. The van der Waals surface area contributed by atoms with Gasteiger partial charge >= 0.3 is 0 Å². The van der Waals surface area contributed by atoms with Crippen molar-refractivity contribution in [2.45, 2.75) is 44.6 Å². The second-order valence-electron chi connectivity index (χ2n) is 7.72. The van der Waals surface area contributed by atoms with E-state index in [2.05, 4.69) is 6.58 Å². The van der Waals surface area contributed by atoms with Gasteiger partial charge in [0.25, 0.3) is 0 Å². The highest BCUT2D eigenvalue weighted by Gasteiger charge is 2.47. The van der Waals surface area contributed by atoms with Crippen molar-refractivity contribution in [1.29, 1.82) is 0 Å². The van der Waals surface area contributed by atoms with Crippen LogP contribution in [0.4, 0.5) is 0 Å². The summed E-state index contributed by atoms with van der Waals surface area (Å²) in [6.45, 7) is 7.83. The monoisotopic (exact) mass is 364 g/mol. The Morgan fingerprint density at radius 3 is 2.30 bits per heavy atom. The Morgan fingerprint density at radius 1 is 1.07 bits per heavy atom. The predicted molar refractivity (Wildman–Crippen MR) is 109 cm³/mol. The minimum atomic E-state index is -1.18. The molecule has 0 fully saturated rings. The van der Waals surface area contributed by atoms with E-state index >= 15 is 0 Å². The van der Waals surface area contributed by atoms with Gasteiger partial charge in [-0.05, 0) is 73.4 Å². The van der Waals surface area contributed by atoms with Crippen LogP contribution in [0.1, 0.15) is 43.7 Å². The lowest BCUT2D eigenvalue weighted by Crippen LogP contribution is -2.44. The molecule has 0 heterocycles. The first-order chi connectivity index (χ1) is 12.8. The number of allylic oxidation sites excluding steroid dienone is 1. The first-order valence-electron chi connectivity index (χ1n) is 9.43. The molecule has 3 nitrogen and oxygen atoms in total. The molecule has 3 N–H and O–H groups in total. The van der Waals surface area contributed by atoms with Crippen molar-refractivity contribution in [3.05, 3.63) is 89.2 Å². The van der Waals surface area contributed by atoms with Gasteiger partial charge in [0.1, 0.15) is 11.5 Å². The van der Waals surface area contributed by atoms with Crippen LogP contribution >= 0.6 is 0 Å². The van der Waals surface area contributed by atoms with Crippen LogP contribution in [0.5, 0.6) is 5.75 Å². The topological polar surface area (TPSA) is 60.7 Å². The van der Waals surface area contributed by atoms with Crippen LogP contribution in [-0.2, 0) is 6.42 Å². The summed E-state index contributed by atoms with van der Waals surface area (Å²) in [5, 5.41) is 32.0. The summed E-state index contributed by atoms with van der Waals surface area (Å²) in [5.74, 6) is 0.0998. The third-order valence-electron chi connectivity index (χ3n) is 5.91. The maximum atomic E-state index is 11.5. The van der Waals surface area contributed by atoms with Crippen LogP contribution in [0.3, 0.4) is 0 Å². The minimum absolute atomic E-state index is 0.0699. The Balaban J connectivity index is 1.90. The molecule has 1 aliphatic rings. The van der Waals surface area contributed by atoms with Crippen molar-refractivity contribution in [1.82, 2.24) is 0 Å². The molecular weight excluding hydrogens is 336 g/mol. The molecule has 0 saturated carbocycles. The number of phenolic OH excluding ortho intramolecular Hbond substituents is 1. The van der Waals surface area contributed by atoms with Gasteiger partial charge in [-0.3, -0.25) is 0 Å². The number of aryl methyl sites for hydroxylation is 1. The first kappa shape index (κ1) is 19.2. The Hall–Kier alpha value is -2.52. The highest BCUT2D eigenvalue weighted by atomic mass is 16.3.